The van der Waals surface area contributed by atoms with E-state index < -0.39 is 0 Å². The van der Waals surface area contributed by atoms with Gasteiger partial charge < -0.3 is 23.6 Å². The number of nitrogens with zero attached hydrogens (tertiary/aromatic N) is 2. The maximum absolute atomic E-state index is 13.7. The van der Waals surface area contributed by atoms with E-state index in [9.17, 15) is 9.18 Å². The highest BCUT2D eigenvalue weighted by atomic mass is 19.1. The number of carbonyl (C=O) groups excluding carboxylic acids is 1. The van der Waals surface area contributed by atoms with Gasteiger partial charge in [-0.05, 0) is 62.6 Å². The molecular weight excluding hydrogens is 439 g/mol. The van der Waals surface area contributed by atoms with Gasteiger partial charge in [-0.2, -0.15) is 0 Å². The molecule has 34 heavy (non-hydrogen) atoms. The van der Waals surface area contributed by atoms with Crippen LogP contribution in [0.15, 0.2) is 47.0 Å². The molecule has 4 rings (SSSR count). The third kappa shape index (κ3) is 5.56. The Kier molecular flexibility index (Phi) is 7.47. The molecule has 1 atom stereocenters. The molecule has 1 aliphatic heterocycles. The second-order valence-corrected chi connectivity index (χ2v) is 8.41. The summed E-state index contributed by atoms with van der Waals surface area (Å²) in [6.45, 7) is 5.37. The third-order valence-electron chi connectivity index (χ3n) is 5.96. The topological polar surface area (TPSA) is 74.0 Å². The summed E-state index contributed by atoms with van der Waals surface area (Å²) < 4.78 is 36.1. The molecule has 7 nitrogen and oxygen atoms in total. The monoisotopic (exact) mass is 468 g/mol. The van der Waals surface area contributed by atoms with E-state index in [0.717, 1.165) is 29.7 Å². The van der Waals surface area contributed by atoms with Crippen LogP contribution in [0.5, 0.6) is 11.5 Å². The van der Waals surface area contributed by atoms with Crippen molar-refractivity contribution in [1.82, 2.24) is 10.1 Å². The first-order valence-corrected chi connectivity index (χ1v) is 11.3. The Bertz CT molecular complexity index is 1120. The van der Waals surface area contributed by atoms with Crippen LogP contribution in [0.2, 0.25) is 0 Å². The second kappa shape index (κ2) is 10.7. The summed E-state index contributed by atoms with van der Waals surface area (Å²) in [5.41, 5.74) is 2.82. The molecule has 180 valence electrons. The van der Waals surface area contributed by atoms with E-state index >= 15 is 0 Å². The fourth-order valence-electron chi connectivity index (χ4n) is 4.07. The normalized spacial score (nSPS) is 15.4. The number of amides is 1. The zero-order valence-electron chi connectivity index (χ0n) is 19.7. The summed E-state index contributed by atoms with van der Waals surface area (Å²) in [4.78, 5) is 15.2. The zero-order valence-corrected chi connectivity index (χ0v) is 19.7. The van der Waals surface area contributed by atoms with Gasteiger partial charge in [-0.1, -0.05) is 17.3 Å². The van der Waals surface area contributed by atoms with Crippen LogP contribution in [0, 0.1) is 19.7 Å². The Labute approximate surface area is 198 Å². The fourth-order valence-corrected chi connectivity index (χ4v) is 4.07. The standard InChI is InChI=1S/C26H29FN2O5/c1-17-23(18(2)34-28-17)16-33-24-10-9-20(13-25(24)31-3)26(30)29(15-22-8-5-11-32-22)14-19-6-4-7-21(27)12-19/h4,6-7,9-10,12-13,22H,5,8,11,14-16H2,1-3H3. The summed E-state index contributed by atoms with van der Waals surface area (Å²) in [5.74, 6) is 1.14. The van der Waals surface area contributed by atoms with Gasteiger partial charge in [0.15, 0.2) is 11.5 Å². The van der Waals surface area contributed by atoms with Crippen molar-refractivity contribution < 1.29 is 27.9 Å². The van der Waals surface area contributed by atoms with Crippen molar-refractivity contribution in [3.63, 3.8) is 0 Å². The van der Waals surface area contributed by atoms with Crippen LogP contribution in [-0.4, -0.2) is 42.3 Å². The Morgan fingerprint density at radius 2 is 2.06 bits per heavy atom. The van der Waals surface area contributed by atoms with Gasteiger partial charge in [0, 0.05) is 25.3 Å². The minimum Gasteiger partial charge on any atom is -0.493 e. The van der Waals surface area contributed by atoms with E-state index in [2.05, 4.69) is 5.16 Å². The minimum atomic E-state index is -0.330. The van der Waals surface area contributed by atoms with Crippen molar-refractivity contribution in [2.45, 2.75) is 45.9 Å². The number of aryl methyl sites for hydroxylation is 2. The van der Waals surface area contributed by atoms with Gasteiger partial charge >= 0.3 is 0 Å². The zero-order chi connectivity index (χ0) is 24.1. The molecule has 0 bridgehead atoms. The number of hydrogen-bond donors (Lipinski definition) is 0. The first-order chi connectivity index (χ1) is 16.4. The lowest BCUT2D eigenvalue weighted by Gasteiger charge is -2.26. The van der Waals surface area contributed by atoms with Gasteiger partial charge in [0.1, 0.15) is 18.2 Å². The molecule has 1 saturated heterocycles. The number of halogens is 1. The van der Waals surface area contributed by atoms with Crippen LogP contribution in [0.1, 0.15) is 45.8 Å². The summed E-state index contributed by atoms with van der Waals surface area (Å²) in [6, 6.07) is 11.4. The molecule has 0 aliphatic carbocycles. The van der Waals surface area contributed by atoms with Crippen LogP contribution in [0.3, 0.4) is 0 Å². The lowest BCUT2D eigenvalue weighted by molar-refractivity contribution is 0.0507. The second-order valence-electron chi connectivity index (χ2n) is 8.41. The van der Waals surface area contributed by atoms with E-state index in [1.54, 1.807) is 29.2 Å². The lowest BCUT2D eigenvalue weighted by atomic mass is 10.1. The highest BCUT2D eigenvalue weighted by molar-refractivity contribution is 5.95. The number of rotatable bonds is 9. The number of methoxy groups -OCH3 is 1. The first kappa shape index (κ1) is 23.8. The maximum Gasteiger partial charge on any atom is 0.254 e. The number of carbonyl (C=O) groups is 1. The van der Waals surface area contributed by atoms with Crippen molar-refractivity contribution in [2.75, 3.05) is 20.3 Å². The molecule has 1 aromatic heterocycles. The van der Waals surface area contributed by atoms with Crippen molar-refractivity contribution in [2.24, 2.45) is 0 Å². The Morgan fingerprint density at radius 3 is 2.74 bits per heavy atom. The highest BCUT2D eigenvalue weighted by Gasteiger charge is 2.25. The third-order valence-corrected chi connectivity index (χ3v) is 5.96. The van der Waals surface area contributed by atoms with Crippen LogP contribution < -0.4 is 9.47 Å². The van der Waals surface area contributed by atoms with E-state index in [4.69, 9.17) is 18.7 Å². The minimum absolute atomic E-state index is 0.0305. The highest BCUT2D eigenvalue weighted by Crippen LogP contribution is 2.30. The summed E-state index contributed by atoms with van der Waals surface area (Å²) >= 11 is 0. The molecule has 8 heteroatoms. The van der Waals surface area contributed by atoms with E-state index in [1.807, 2.05) is 19.9 Å². The molecule has 0 N–H and O–H groups in total. The van der Waals surface area contributed by atoms with Crippen LogP contribution >= 0.6 is 0 Å². The van der Waals surface area contributed by atoms with Crippen molar-refractivity contribution in [3.8, 4) is 11.5 Å². The van der Waals surface area contributed by atoms with Crippen molar-refractivity contribution >= 4 is 5.91 Å². The first-order valence-electron chi connectivity index (χ1n) is 11.3. The molecule has 1 fully saturated rings. The molecule has 0 saturated carbocycles. The molecule has 1 aliphatic rings. The molecule has 1 unspecified atom stereocenters. The number of ether oxygens (including phenoxy) is 3. The van der Waals surface area contributed by atoms with Gasteiger partial charge in [0.05, 0.1) is 24.5 Å². The largest absolute Gasteiger partial charge is 0.493 e. The number of hydrogen-bond acceptors (Lipinski definition) is 6. The predicted octanol–water partition coefficient (Wildman–Crippen LogP) is 4.84. The van der Waals surface area contributed by atoms with Crippen LogP contribution in [0.4, 0.5) is 4.39 Å². The molecule has 2 aromatic carbocycles. The van der Waals surface area contributed by atoms with Crippen LogP contribution in [0.25, 0.3) is 0 Å². The molecule has 0 radical (unpaired) electrons. The van der Waals surface area contributed by atoms with Gasteiger partial charge in [0.25, 0.3) is 5.91 Å². The van der Waals surface area contributed by atoms with Crippen molar-refractivity contribution in [1.29, 1.82) is 0 Å². The molecule has 0 spiro atoms. The predicted molar refractivity (Wildman–Crippen MR) is 123 cm³/mol. The lowest BCUT2D eigenvalue weighted by Crippen LogP contribution is -2.37. The molecular formula is C26H29FN2O5. The number of benzene rings is 2. The Hall–Kier alpha value is -3.39. The molecule has 2 heterocycles. The summed E-state index contributed by atoms with van der Waals surface area (Å²) in [7, 11) is 1.53. The Morgan fingerprint density at radius 1 is 1.21 bits per heavy atom. The van der Waals surface area contributed by atoms with Gasteiger partial charge in [-0.25, -0.2) is 4.39 Å². The quantitative estimate of drug-likeness (QED) is 0.447. The van der Waals surface area contributed by atoms with Gasteiger partial charge in [-0.3, -0.25) is 4.79 Å². The summed E-state index contributed by atoms with van der Waals surface area (Å²) in [5, 5.41) is 3.94. The number of aromatic nitrogens is 1. The molecule has 1 amide bonds. The van der Waals surface area contributed by atoms with E-state index in [0.29, 0.717) is 36.0 Å². The van der Waals surface area contributed by atoms with Gasteiger partial charge in [0.2, 0.25) is 0 Å². The maximum atomic E-state index is 13.7. The average Bonchev–Trinajstić information content (AvgIpc) is 3.46. The smallest absolute Gasteiger partial charge is 0.254 e. The average molecular weight is 469 g/mol. The SMILES string of the molecule is COc1cc(C(=O)N(Cc2cccc(F)c2)CC2CCCO2)ccc1OCc1c(C)noc1C. The molecule has 3 aromatic rings. The van der Waals surface area contributed by atoms with Gasteiger partial charge in [-0.15, -0.1) is 0 Å². The van der Waals surface area contributed by atoms with Crippen LogP contribution in [-0.2, 0) is 17.9 Å². The fraction of sp³-hybridized carbons (Fsp3) is 0.385. The summed E-state index contributed by atoms with van der Waals surface area (Å²) in [6.07, 6.45) is 1.83. The Balaban J connectivity index is 1.53. The van der Waals surface area contributed by atoms with E-state index in [-0.39, 0.29) is 31.0 Å². The van der Waals surface area contributed by atoms with E-state index in [1.165, 1.54) is 19.2 Å². The van der Waals surface area contributed by atoms with Crippen molar-refractivity contribution in [3.05, 3.63) is 76.4 Å².